The lowest BCUT2D eigenvalue weighted by Gasteiger charge is -2.39. The Kier molecular flexibility index (Phi) is 8.89. The maximum absolute atomic E-state index is 15.9. The highest BCUT2D eigenvalue weighted by atomic mass is 19.1. The van der Waals surface area contributed by atoms with Crippen molar-refractivity contribution in [2.45, 2.75) is 84.9 Å². The van der Waals surface area contributed by atoms with E-state index in [1.54, 1.807) is 43.4 Å². The van der Waals surface area contributed by atoms with Crippen LogP contribution in [0, 0.1) is 12.7 Å². The van der Waals surface area contributed by atoms with Gasteiger partial charge in [-0.2, -0.15) is 4.98 Å². The molecule has 226 valence electrons. The van der Waals surface area contributed by atoms with Crippen LogP contribution in [0.3, 0.4) is 0 Å². The first-order chi connectivity index (χ1) is 19.7. The first kappa shape index (κ1) is 30.9. The summed E-state index contributed by atoms with van der Waals surface area (Å²) >= 11 is 0. The number of anilines is 1. The van der Waals surface area contributed by atoms with Crippen LogP contribution in [0.5, 0.6) is 0 Å². The van der Waals surface area contributed by atoms with Gasteiger partial charge in [-0.15, -0.1) is 0 Å². The fourth-order valence-electron chi connectivity index (χ4n) is 4.84. The van der Waals surface area contributed by atoms with Crippen LogP contribution in [-0.2, 0) is 16.7 Å². The summed E-state index contributed by atoms with van der Waals surface area (Å²) in [6.07, 6.45) is 4.73. The molecule has 1 atom stereocenters. The summed E-state index contributed by atoms with van der Waals surface area (Å²) in [4.78, 5) is 37.6. The summed E-state index contributed by atoms with van der Waals surface area (Å²) < 4.78 is 26.7. The van der Waals surface area contributed by atoms with E-state index < -0.39 is 11.5 Å². The van der Waals surface area contributed by atoms with Crippen molar-refractivity contribution in [1.29, 1.82) is 0 Å². The first-order valence-corrected chi connectivity index (χ1v) is 14.2. The molecule has 1 fully saturated rings. The van der Waals surface area contributed by atoms with E-state index in [1.807, 2.05) is 47.6 Å². The molecule has 4 rings (SSSR count). The average Bonchev–Trinajstić information content (AvgIpc) is 3.44. The van der Waals surface area contributed by atoms with E-state index in [2.05, 4.69) is 25.3 Å². The molecule has 0 aliphatic carbocycles. The third-order valence-electron chi connectivity index (χ3n) is 7.27. The van der Waals surface area contributed by atoms with Crippen molar-refractivity contribution in [2.24, 2.45) is 0 Å². The fraction of sp³-hybridized carbons (Fsp3) is 0.516. The number of pyridine rings is 1. The fourth-order valence-corrected chi connectivity index (χ4v) is 4.84. The first-order valence-electron chi connectivity index (χ1n) is 14.2. The number of carbonyl (C=O) groups excluding carboxylic acids is 2. The van der Waals surface area contributed by atoms with Crippen LogP contribution in [0.25, 0.3) is 11.1 Å². The molecule has 42 heavy (non-hydrogen) atoms. The topological polar surface area (TPSA) is 114 Å². The molecule has 3 aromatic rings. The summed E-state index contributed by atoms with van der Waals surface area (Å²) in [5.41, 5.74) is 2.06. The number of aromatic nitrogens is 3. The van der Waals surface area contributed by atoms with Gasteiger partial charge in [-0.3, -0.25) is 9.78 Å². The Balaban J connectivity index is 1.51. The molecule has 2 aromatic heterocycles. The van der Waals surface area contributed by atoms with Gasteiger partial charge in [0, 0.05) is 49.4 Å². The van der Waals surface area contributed by atoms with E-state index in [4.69, 9.17) is 9.26 Å². The maximum Gasteiger partial charge on any atom is 0.410 e. The van der Waals surface area contributed by atoms with Crippen molar-refractivity contribution < 1.29 is 23.2 Å². The lowest BCUT2D eigenvalue weighted by atomic mass is 9.96. The average molecular weight is 581 g/mol. The van der Waals surface area contributed by atoms with E-state index in [0.717, 1.165) is 25.1 Å². The predicted octanol–water partition coefficient (Wildman–Crippen LogP) is 5.64. The molecular weight excluding hydrogens is 539 g/mol. The van der Waals surface area contributed by atoms with E-state index in [1.165, 1.54) is 0 Å². The van der Waals surface area contributed by atoms with Gasteiger partial charge in [0.2, 0.25) is 5.89 Å². The minimum Gasteiger partial charge on any atom is -0.444 e. The van der Waals surface area contributed by atoms with Crippen molar-refractivity contribution >= 4 is 17.7 Å². The number of ether oxygens (including phenoxy) is 1. The van der Waals surface area contributed by atoms with Gasteiger partial charge in [0.25, 0.3) is 11.7 Å². The van der Waals surface area contributed by atoms with Gasteiger partial charge in [0.15, 0.2) is 0 Å². The zero-order chi connectivity index (χ0) is 30.8. The number of piperidine rings is 1. The molecule has 0 spiro atoms. The predicted molar refractivity (Wildman–Crippen MR) is 158 cm³/mol. The number of amides is 2. The number of hydrogen-bond donors (Lipinski definition) is 1. The Morgan fingerprint density at radius 2 is 1.90 bits per heavy atom. The minimum atomic E-state index is -0.580. The molecule has 0 radical (unpaired) electrons. The molecule has 3 heterocycles. The Bertz CT molecular complexity index is 1440. The van der Waals surface area contributed by atoms with Crippen LogP contribution in [0.2, 0.25) is 0 Å². The number of hydrogen-bond acceptors (Lipinski definition) is 8. The second-order valence-corrected chi connectivity index (χ2v) is 12.8. The molecule has 1 aliphatic rings. The second-order valence-electron chi connectivity index (χ2n) is 12.8. The molecular formula is C31H41FN6O4. The van der Waals surface area contributed by atoms with E-state index in [9.17, 15) is 9.59 Å². The lowest BCUT2D eigenvalue weighted by Crippen LogP contribution is -2.50. The molecule has 1 aromatic carbocycles. The van der Waals surface area contributed by atoms with Crippen LogP contribution in [0.4, 0.5) is 14.9 Å². The molecule has 0 bridgehead atoms. The van der Waals surface area contributed by atoms with Crippen molar-refractivity contribution in [3.8, 4) is 11.1 Å². The van der Waals surface area contributed by atoms with Gasteiger partial charge in [0.1, 0.15) is 11.4 Å². The number of benzene rings is 1. The van der Waals surface area contributed by atoms with Crippen LogP contribution in [-0.4, -0.2) is 63.8 Å². The molecule has 1 unspecified atom stereocenters. The van der Waals surface area contributed by atoms with Crippen molar-refractivity contribution in [2.75, 3.05) is 25.0 Å². The lowest BCUT2D eigenvalue weighted by molar-refractivity contribution is 0.0209. The Morgan fingerprint density at radius 1 is 1.17 bits per heavy atom. The standard InChI is InChI=1S/C31H41FN6O4/c1-19-20(16-34-27(39)26-35-28(42-36-26)30(2,3)4)11-12-23(25(19)32)22-13-14-33-17-24(22)38-15-9-10-21(18-38)37(8)29(40)41-31(5,6)7/h11-14,17,21H,9-10,15-16,18H2,1-8H3,(H,34,39). The second kappa shape index (κ2) is 12.1. The van der Waals surface area contributed by atoms with Crippen molar-refractivity contribution in [3.63, 3.8) is 0 Å². The highest BCUT2D eigenvalue weighted by Gasteiger charge is 2.31. The zero-order valence-electron chi connectivity index (χ0n) is 25.7. The third kappa shape index (κ3) is 7.06. The van der Waals surface area contributed by atoms with Gasteiger partial charge in [0.05, 0.1) is 17.9 Å². The summed E-state index contributed by atoms with van der Waals surface area (Å²) in [7, 11) is 1.76. The molecule has 1 N–H and O–H groups in total. The van der Waals surface area contributed by atoms with Gasteiger partial charge < -0.3 is 24.4 Å². The number of nitrogens with one attached hydrogen (secondary N) is 1. The highest BCUT2D eigenvalue weighted by molar-refractivity contribution is 5.90. The third-order valence-corrected chi connectivity index (χ3v) is 7.27. The van der Waals surface area contributed by atoms with Gasteiger partial charge >= 0.3 is 6.09 Å². The van der Waals surface area contributed by atoms with Gasteiger partial charge in [-0.1, -0.05) is 38.1 Å². The SMILES string of the molecule is Cc1c(CNC(=O)c2noc(C(C)(C)C)n2)ccc(-c2ccncc2N2CCCC(N(C)C(=O)OC(C)(C)C)C2)c1F. The number of carbonyl (C=O) groups is 2. The Morgan fingerprint density at radius 3 is 2.57 bits per heavy atom. The van der Waals surface area contributed by atoms with E-state index >= 15 is 4.39 Å². The molecule has 0 saturated carbocycles. The van der Waals surface area contributed by atoms with Gasteiger partial charge in [-0.05, 0) is 57.7 Å². The monoisotopic (exact) mass is 580 g/mol. The van der Waals surface area contributed by atoms with E-state index in [0.29, 0.717) is 34.7 Å². The summed E-state index contributed by atoms with van der Waals surface area (Å²) in [5.74, 6) is -0.564. The number of nitrogens with zero attached hydrogens (tertiary/aromatic N) is 5. The quantitative estimate of drug-likeness (QED) is 0.398. The summed E-state index contributed by atoms with van der Waals surface area (Å²) in [6, 6.07) is 5.28. The van der Waals surface area contributed by atoms with Crippen molar-refractivity contribution in [1.82, 2.24) is 25.3 Å². The zero-order valence-corrected chi connectivity index (χ0v) is 25.7. The highest BCUT2D eigenvalue weighted by Crippen LogP contribution is 2.35. The summed E-state index contributed by atoms with van der Waals surface area (Å²) in [5, 5.41) is 6.53. The number of halogens is 1. The minimum absolute atomic E-state index is 0.0575. The smallest absolute Gasteiger partial charge is 0.410 e. The normalized spacial score (nSPS) is 15.8. The van der Waals surface area contributed by atoms with E-state index in [-0.39, 0.29) is 35.7 Å². The molecule has 2 amide bonds. The van der Waals surface area contributed by atoms with Crippen LogP contribution in [0.15, 0.2) is 35.1 Å². The maximum atomic E-state index is 15.9. The van der Waals surface area contributed by atoms with Crippen molar-refractivity contribution in [3.05, 3.63) is 59.3 Å². The number of rotatable bonds is 6. The van der Waals surface area contributed by atoms with Crippen LogP contribution in [0.1, 0.15) is 82.0 Å². The molecule has 10 nitrogen and oxygen atoms in total. The van der Waals surface area contributed by atoms with Crippen LogP contribution >= 0.6 is 0 Å². The molecule has 1 saturated heterocycles. The van der Waals surface area contributed by atoms with Crippen LogP contribution < -0.4 is 10.2 Å². The Hall–Kier alpha value is -4.02. The Labute approximate surface area is 246 Å². The van der Waals surface area contributed by atoms with Gasteiger partial charge in [-0.25, -0.2) is 9.18 Å². The molecule has 11 heteroatoms. The number of likely N-dealkylation sites (N-methyl/N-ethyl adjacent to an activating group) is 1. The summed E-state index contributed by atoms with van der Waals surface area (Å²) in [6.45, 7) is 14.4. The largest absolute Gasteiger partial charge is 0.444 e. The molecule has 1 aliphatic heterocycles.